The second-order valence-corrected chi connectivity index (χ2v) is 7.70. The third-order valence-corrected chi connectivity index (χ3v) is 5.81. The molecule has 0 spiro atoms. The van der Waals surface area contributed by atoms with E-state index in [1.807, 2.05) is 35.9 Å². The van der Waals surface area contributed by atoms with Crippen LogP contribution in [-0.4, -0.2) is 38.9 Å². The van der Waals surface area contributed by atoms with E-state index in [0.717, 1.165) is 29.1 Å². The van der Waals surface area contributed by atoms with E-state index < -0.39 is 0 Å². The van der Waals surface area contributed by atoms with Gasteiger partial charge in [0.1, 0.15) is 17.8 Å². The number of ether oxygens (including phenoxy) is 1. The van der Waals surface area contributed by atoms with Crippen molar-refractivity contribution in [2.45, 2.75) is 18.4 Å². The molecule has 7 heteroatoms. The van der Waals surface area contributed by atoms with Gasteiger partial charge >= 0.3 is 0 Å². The predicted octanol–water partition coefficient (Wildman–Crippen LogP) is 2.52. The van der Waals surface area contributed by atoms with Crippen LogP contribution >= 0.6 is 0 Å². The van der Waals surface area contributed by atoms with Crippen molar-refractivity contribution in [1.82, 2.24) is 19.7 Å². The molecule has 1 aromatic carbocycles. The van der Waals surface area contributed by atoms with Crippen molar-refractivity contribution in [1.29, 1.82) is 0 Å². The summed E-state index contributed by atoms with van der Waals surface area (Å²) in [4.78, 5) is 19.2. The van der Waals surface area contributed by atoms with Gasteiger partial charge < -0.3 is 14.2 Å². The Labute approximate surface area is 168 Å². The van der Waals surface area contributed by atoms with Crippen LogP contribution in [0.5, 0.6) is 0 Å². The Hall–Kier alpha value is -3.32. The largest absolute Gasteiger partial charge is 0.379 e. The standard InChI is InChI=1S/C22H21N5O2/c1-3-17-8-7-15-11-27(21(28)20(15)24-17)18-6-4-5-16(9-18)22(12-29-13-22)10-19-25-23-14-26(19)2/h3-9,14H,1,10-13H2,2H3. The fraction of sp³-hybridized carbons (Fsp3) is 0.273. The Morgan fingerprint density at radius 3 is 2.83 bits per heavy atom. The molecule has 0 unspecified atom stereocenters. The van der Waals surface area contributed by atoms with Gasteiger partial charge in [0.15, 0.2) is 0 Å². The van der Waals surface area contributed by atoms with Crippen LogP contribution < -0.4 is 4.90 Å². The van der Waals surface area contributed by atoms with E-state index in [0.29, 0.717) is 31.1 Å². The number of fused-ring (bicyclic) bond motifs is 1. The molecule has 3 aromatic rings. The maximum absolute atomic E-state index is 13.0. The average molecular weight is 387 g/mol. The molecule has 2 aliphatic heterocycles. The minimum Gasteiger partial charge on any atom is -0.379 e. The zero-order chi connectivity index (χ0) is 20.0. The van der Waals surface area contributed by atoms with E-state index in [4.69, 9.17) is 4.74 Å². The molecule has 0 aliphatic carbocycles. The van der Waals surface area contributed by atoms with Gasteiger partial charge in [0.05, 0.1) is 25.5 Å². The smallest absolute Gasteiger partial charge is 0.277 e. The normalized spacial score (nSPS) is 17.1. The molecular weight excluding hydrogens is 366 g/mol. The van der Waals surface area contributed by atoms with Gasteiger partial charge in [-0.1, -0.05) is 24.8 Å². The number of aromatic nitrogens is 4. The lowest BCUT2D eigenvalue weighted by molar-refractivity contribution is -0.0611. The van der Waals surface area contributed by atoms with Crippen LogP contribution in [0.3, 0.4) is 0 Å². The highest BCUT2D eigenvalue weighted by Gasteiger charge is 2.42. The zero-order valence-electron chi connectivity index (χ0n) is 16.2. The SMILES string of the molecule is C=Cc1ccc2c(n1)C(=O)N(c1cccc(C3(Cc4nncn4C)COC3)c1)C2. The summed E-state index contributed by atoms with van der Waals surface area (Å²) in [6, 6.07) is 12.0. The van der Waals surface area contributed by atoms with Gasteiger partial charge in [-0.3, -0.25) is 4.79 Å². The number of nitrogens with zero attached hydrogens (tertiary/aromatic N) is 5. The maximum Gasteiger partial charge on any atom is 0.277 e. The first-order valence-corrected chi connectivity index (χ1v) is 9.55. The number of rotatable bonds is 5. The van der Waals surface area contributed by atoms with E-state index in [1.165, 1.54) is 0 Å². The number of anilines is 1. The summed E-state index contributed by atoms with van der Waals surface area (Å²) in [5, 5.41) is 8.23. The van der Waals surface area contributed by atoms with Crippen molar-refractivity contribution in [3.8, 4) is 0 Å². The molecule has 5 rings (SSSR count). The van der Waals surface area contributed by atoms with Crippen molar-refractivity contribution >= 4 is 17.7 Å². The Morgan fingerprint density at radius 1 is 1.28 bits per heavy atom. The lowest BCUT2D eigenvalue weighted by Gasteiger charge is -2.42. The van der Waals surface area contributed by atoms with Gasteiger partial charge in [0.25, 0.3) is 5.91 Å². The van der Waals surface area contributed by atoms with Gasteiger partial charge in [0.2, 0.25) is 0 Å². The first-order chi connectivity index (χ1) is 14.1. The molecule has 146 valence electrons. The fourth-order valence-electron chi connectivity index (χ4n) is 4.00. The van der Waals surface area contributed by atoms with E-state index in [1.54, 1.807) is 17.3 Å². The topological polar surface area (TPSA) is 73.1 Å². The summed E-state index contributed by atoms with van der Waals surface area (Å²) in [6.45, 7) is 5.52. The highest BCUT2D eigenvalue weighted by Crippen LogP contribution is 2.38. The molecule has 2 aliphatic rings. The third-order valence-electron chi connectivity index (χ3n) is 5.81. The minimum absolute atomic E-state index is 0.0759. The maximum atomic E-state index is 13.0. The molecule has 1 fully saturated rings. The third kappa shape index (κ3) is 2.86. The highest BCUT2D eigenvalue weighted by molar-refractivity contribution is 6.08. The molecule has 0 N–H and O–H groups in total. The second kappa shape index (κ2) is 6.63. The van der Waals surface area contributed by atoms with E-state index in [9.17, 15) is 4.79 Å². The summed E-state index contributed by atoms with van der Waals surface area (Å²) >= 11 is 0. The molecular formula is C22H21N5O2. The fourth-order valence-corrected chi connectivity index (χ4v) is 4.00. The number of hydrogen-bond donors (Lipinski definition) is 0. The predicted molar refractivity (Wildman–Crippen MR) is 108 cm³/mol. The summed E-state index contributed by atoms with van der Waals surface area (Å²) in [5.41, 5.74) is 4.02. The van der Waals surface area contributed by atoms with E-state index in [2.05, 4.69) is 33.9 Å². The number of carbonyl (C=O) groups is 1. The van der Waals surface area contributed by atoms with Gasteiger partial charge in [-0.05, 0) is 29.8 Å². The molecule has 0 atom stereocenters. The molecule has 7 nitrogen and oxygen atoms in total. The molecule has 0 radical (unpaired) electrons. The zero-order valence-corrected chi connectivity index (χ0v) is 16.2. The highest BCUT2D eigenvalue weighted by atomic mass is 16.5. The van der Waals surface area contributed by atoms with Crippen LogP contribution in [0, 0.1) is 0 Å². The first kappa shape index (κ1) is 17.8. The van der Waals surface area contributed by atoms with Crippen LogP contribution in [0.2, 0.25) is 0 Å². The molecule has 4 heterocycles. The second-order valence-electron chi connectivity index (χ2n) is 7.70. The number of hydrogen-bond acceptors (Lipinski definition) is 5. The monoisotopic (exact) mass is 387 g/mol. The average Bonchev–Trinajstić information content (AvgIpc) is 3.27. The lowest BCUT2D eigenvalue weighted by atomic mass is 9.75. The van der Waals surface area contributed by atoms with Crippen LogP contribution in [-0.2, 0) is 30.2 Å². The van der Waals surface area contributed by atoms with Crippen molar-refractivity contribution in [3.63, 3.8) is 0 Å². The molecule has 2 aromatic heterocycles. The van der Waals surface area contributed by atoms with E-state index in [-0.39, 0.29) is 11.3 Å². The number of amides is 1. The minimum atomic E-state index is -0.152. The van der Waals surface area contributed by atoms with Crippen LogP contribution in [0.4, 0.5) is 5.69 Å². The first-order valence-electron chi connectivity index (χ1n) is 9.55. The summed E-state index contributed by atoms with van der Waals surface area (Å²) in [7, 11) is 1.95. The van der Waals surface area contributed by atoms with Gasteiger partial charge in [0, 0.05) is 30.1 Å². The van der Waals surface area contributed by atoms with Crippen LogP contribution in [0.1, 0.15) is 33.1 Å². The van der Waals surface area contributed by atoms with Crippen molar-refractivity contribution in [3.05, 3.63) is 77.6 Å². The van der Waals surface area contributed by atoms with Crippen LogP contribution in [0.25, 0.3) is 6.08 Å². The summed E-state index contributed by atoms with van der Waals surface area (Å²) in [5.74, 6) is 0.845. The molecule has 0 bridgehead atoms. The number of carbonyl (C=O) groups excluding carboxylic acids is 1. The Kier molecular flexibility index (Phi) is 4.06. The Bertz CT molecular complexity index is 1120. The quantitative estimate of drug-likeness (QED) is 0.673. The van der Waals surface area contributed by atoms with Crippen molar-refractivity contribution in [2.24, 2.45) is 7.05 Å². The number of benzene rings is 1. The number of aryl methyl sites for hydroxylation is 1. The summed E-state index contributed by atoms with van der Waals surface area (Å²) < 4.78 is 7.52. The lowest BCUT2D eigenvalue weighted by Crippen LogP contribution is -2.49. The molecule has 1 amide bonds. The Morgan fingerprint density at radius 2 is 2.14 bits per heavy atom. The van der Waals surface area contributed by atoms with E-state index >= 15 is 0 Å². The summed E-state index contributed by atoms with van der Waals surface area (Å²) in [6.07, 6.45) is 4.11. The molecule has 29 heavy (non-hydrogen) atoms. The van der Waals surface area contributed by atoms with Gasteiger partial charge in [-0.25, -0.2) is 4.98 Å². The number of pyridine rings is 1. The molecule has 0 saturated carbocycles. The van der Waals surface area contributed by atoms with Crippen molar-refractivity contribution in [2.75, 3.05) is 18.1 Å². The molecule has 1 saturated heterocycles. The van der Waals surface area contributed by atoms with Gasteiger partial charge in [-0.2, -0.15) is 0 Å². The van der Waals surface area contributed by atoms with Gasteiger partial charge in [-0.15, -0.1) is 10.2 Å². The van der Waals surface area contributed by atoms with Crippen LogP contribution in [0.15, 0.2) is 49.3 Å². The Balaban J connectivity index is 1.46. The van der Waals surface area contributed by atoms with Crippen molar-refractivity contribution < 1.29 is 9.53 Å².